The summed E-state index contributed by atoms with van der Waals surface area (Å²) in [5.41, 5.74) is 18.0. The quantitative estimate of drug-likeness (QED) is 0.154. The van der Waals surface area contributed by atoms with Crippen LogP contribution in [-0.4, -0.2) is 15.8 Å². The zero-order valence-corrected chi connectivity index (χ0v) is 40.3. The topological polar surface area (TPSA) is 13.1 Å². The van der Waals surface area contributed by atoms with Crippen LogP contribution in [0.1, 0.15) is 51.7 Å². The van der Waals surface area contributed by atoms with Gasteiger partial charge in [-0.2, -0.15) is 0 Å². The fraction of sp³-hybridized carbons (Fsp3) is 0.129. The van der Waals surface area contributed by atoms with E-state index in [1.165, 1.54) is 130 Å². The second kappa shape index (κ2) is 15.0. The summed E-state index contributed by atoms with van der Waals surface area (Å²) < 4.78 is 7.73. The van der Waals surface area contributed by atoms with Crippen molar-refractivity contribution in [1.29, 1.82) is 0 Å². The van der Waals surface area contributed by atoms with E-state index in [1.54, 1.807) is 0 Å². The van der Waals surface area contributed by atoms with E-state index in [2.05, 4.69) is 224 Å². The molecule has 3 aromatic heterocycles. The molecule has 0 saturated heterocycles. The van der Waals surface area contributed by atoms with Gasteiger partial charge in [0.05, 0.1) is 27.8 Å². The predicted molar refractivity (Wildman–Crippen MR) is 295 cm³/mol. The van der Waals surface area contributed by atoms with Crippen molar-refractivity contribution in [3.05, 3.63) is 193 Å². The van der Waals surface area contributed by atoms with E-state index in [1.807, 2.05) is 23.1 Å². The second-order valence-electron chi connectivity index (χ2n) is 19.9. The Morgan fingerprint density at radius 3 is 1.65 bits per heavy atom. The lowest BCUT2D eigenvalue weighted by Crippen LogP contribution is -2.60. The van der Waals surface area contributed by atoms with Gasteiger partial charge < -0.3 is 14.0 Å². The van der Waals surface area contributed by atoms with Crippen molar-refractivity contribution in [3.8, 4) is 11.4 Å². The molecule has 2 aliphatic heterocycles. The van der Waals surface area contributed by atoms with Gasteiger partial charge >= 0.3 is 0 Å². The van der Waals surface area contributed by atoms with Gasteiger partial charge in [-0.1, -0.05) is 161 Å². The first-order chi connectivity index (χ1) is 33.3. The largest absolute Gasteiger partial charge is 0.311 e. The number of para-hydroxylation sites is 4. The fourth-order valence-corrected chi connectivity index (χ4v) is 14.2. The molecule has 0 atom stereocenters. The van der Waals surface area contributed by atoms with Gasteiger partial charge in [-0.15, -0.1) is 11.3 Å². The lowest BCUT2D eigenvalue weighted by molar-refractivity contribution is 0.589. The third kappa shape index (κ3) is 5.80. The van der Waals surface area contributed by atoms with Gasteiger partial charge in [-0.25, -0.2) is 0 Å². The molecule has 0 N–H and O–H groups in total. The number of aryl methyl sites for hydroxylation is 1. The van der Waals surface area contributed by atoms with E-state index in [-0.39, 0.29) is 12.1 Å². The normalized spacial score (nSPS) is 13.4. The molecule has 3 nitrogen and oxygen atoms in total. The Morgan fingerprint density at radius 1 is 0.485 bits per heavy atom. The van der Waals surface area contributed by atoms with Crippen molar-refractivity contribution in [2.75, 3.05) is 4.90 Å². The zero-order valence-electron chi connectivity index (χ0n) is 38.7. The Kier molecular flexibility index (Phi) is 8.85. The highest BCUT2D eigenvalue weighted by molar-refractivity contribution is 8.00. The molecule has 2 aliphatic rings. The van der Waals surface area contributed by atoms with E-state index in [9.17, 15) is 0 Å². The van der Waals surface area contributed by atoms with E-state index >= 15 is 0 Å². The van der Waals surface area contributed by atoms with Gasteiger partial charge in [0.25, 0.3) is 0 Å². The standard InChI is InChI=1S/C62H48BN3S2/c1-5-6-17-47-54(33-30-46-45-22-11-16-27-57(45)68-61(46)47)66-55-36-39(64-50-23-12-7-18-41(50)42-19-8-13-24-51(42)64)28-31-48(55)63-49-32-29-40(65-52-25-14-9-20-43(52)44-21-10-15-26-53(44)65)37-58(49)67-59-35-38(62(2,3)4)34-56(66)60(59)63/h7-16,18-37H,5-6,17H2,1-4H3. The molecule has 9 aromatic carbocycles. The van der Waals surface area contributed by atoms with Gasteiger partial charge in [0.15, 0.2) is 0 Å². The van der Waals surface area contributed by atoms with E-state index in [0.717, 1.165) is 19.3 Å². The molecule has 0 unspecified atom stereocenters. The number of benzene rings is 9. The highest BCUT2D eigenvalue weighted by Gasteiger charge is 2.43. The Hall–Kier alpha value is -6.99. The van der Waals surface area contributed by atoms with Gasteiger partial charge in [-0.05, 0) is 113 Å². The zero-order chi connectivity index (χ0) is 45.4. The number of fused-ring (bicyclic) bond motifs is 13. The van der Waals surface area contributed by atoms with Crippen molar-refractivity contribution in [2.45, 2.75) is 62.2 Å². The summed E-state index contributed by atoms with van der Waals surface area (Å²) in [6.07, 6.45) is 3.28. The van der Waals surface area contributed by atoms with Crippen LogP contribution < -0.4 is 21.3 Å². The monoisotopic (exact) mass is 909 g/mol. The third-order valence-corrected chi connectivity index (χ3v) is 17.3. The van der Waals surface area contributed by atoms with Crippen molar-refractivity contribution >= 4 is 127 Å². The number of thiophene rings is 1. The minimum Gasteiger partial charge on any atom is -0.311 e. The van der Waals surface area contributed by atoms with Crippen LogP contribution in [0.15, 0.2) is 192 Å². The molecule has 68 heavy (non-hydrogen) atoms. The first kappa shape index (κ1) is 40.1. The van der Waals surface area contributed by atoms with Crippen LogP contribution >= 0.6 is 23.1 Å². The molecule has 5 heterocycles. The SMILES string of the molecule is CCCCc1c(N2c3cc(-n4c5ccccc5c5ccccc54)ccc3B3c4ccc(-n5c6ccccc6c6ccccc65)cc4Sc4cc(C(C)(C)C)cc2c43)ccc2c1sc1ccccc12. The van der Waals surface area contributed by atoms with Crippen LogP contribution in [0.3, 0.4) is 0 Å². The van der Waals surface area contributed by atoms with Crippen LogP contribution in [0.25, 0.3) is 75.2 Å². The van der Waals surface area contributed by atoms with Crippen molar-refractivity contribution in [1.82, 2.24) is 9.13 Å². The number of hydrogen-bond donors (Lipinski definition) is 0. The van der Waals surface area contributed by atoms with Crippen molar-refractivity contribution < 1.29 is 0 Å². The van der Waals surface area contributed by atoms with Crippen LogP contribution in [-0.2, 0) is 11.8 Å². The molecule has 12 aromatic rings. The average Bonchev–Trinajstić information content (AvgIpc) is 4.03. The van der Waals surface area contributed by atoms with Crippen LogP contribution in [0.2, 0.25) is 0 Å². The molecule has 326 valence electrons. The molecule has 0 amide bonds. The molecule has 14 rings (SSSR count). The maximum absolute atomic E-state index is 2.70. The minimum atomic E-state index is -0.0794. The Balaban J connectivity index is 1.06. The summed E-state index contributed by atoms with van der Waals surface area (Å²) in [6.45, 7) is 9.49. The molecule has 6 heteroatoms. The molecule has 0 aliphatic carbocycles. The Bertz CT molecular complexity index is 3960. The highest BCUT2D eigenvalue weighted by atomic mass is 32.2. The smallest absolute Gasteiger partial charge is 0.249 e. The van der Waals surface area contributed by atoms with Gasteiger partial charge in [-0.3, -0.25) is 0 Å². The number of nitrogens with zero attached hydrogens (tertiary/aromatic N) is 3. The van der Waals surface area contributed by atoms with E-state index in [4.69, 9.17) is 0 Å². The summed E-state index contributed by atoms with van der Waals surface area (Å²) in [6, 6.07) is 69.2. The van der Waals surface area contributed by atoms with Crippen molar-refractivity contribution in [3.63, 3.8) is 0 Å². The fourth-order valence-electron chi connectivity index (χ4n) is 11.7. The number of hydrogen-bond acceptors (Lipinski definition) is 3. The third-order valence-electron chi connectivity index (χ3n) is 14.9. The Labute approximate surface area is 405 Å². The summed E-state index contributed by atoms with van der Waals surface area (Å²) in [5.74, 6) is 0. The van der Waals surface area contributed by atoms with Gasteiger partial charge in [0.2, 0.25) is 6.71 Å². The lowest BCUT2D eigenvalue weighted by atomic mass is 9.34. The summed E-state index contributed by atoms with van der Waals surface area (Å²) >= 11 is 3.92. The van der Waals surface area contributed by atoms with E-state index < -0.39 is 0 Å². The van der Waals surface area contributed by atoms with Gasteiger partial charge in [0.1, 0.15) is 0 Å². The summed E-state index contributed by atoms with van der Waals surface area (Å²) in [7, 11) is 0. The first-order valence-corrected chi connectivity index (χ1v) is 25.8. The predicted octanol–water partition coefficient (Wildman–Crippen LogP) is 15.7. The lowest BCUT2D eigenvalue weighted by Gasteiger charge is -2.42. The molecule has 0 saturated carbocycles. The maximum Gasteiger partial charge on any atom is 0.249 e. The number of rotatable bonds is 6. The average molecular weight is 910 g/mol. The summed E-state index contributed by atoms with van der Waals surface area (Å²) in [4.78, 5) is 5.37. The van der Waals surface area contributed by atoms with Crippen LogP contribution in [0.5, 0.6) is 0 Å². The molecule has 0 radical (unpaired) electrons. The number of unbranched alkanes of at least 4 members (excludes halogenated alkanes) is 1. The molecule has 0 spiro atoms. The molecular weight excluding hydrogens is 862 g/mol. The van der Waals surface area contributed by atoms with Crippen LogP contribution in [0.4, 0.5) is 17.1 Å². The van der Waals surface area contributed by atoms with E-state index in [0.29, 0.717) is 0 Å². The maximum atomic E-state index is 2.70. The molecule has 0 fully saturated rings. The molecule has 0 bridgehead atoms. The second-order valence-corrected chi connectivity index (χ2v) is 22.0. The van der Waals surface area contributed by atoms with Gasteiger partial charge in [0, 0.05) is 74.3 Å². The minimum absolute atomic E-state index is 0.0445. The Morgan fingerprint density at radius 2 is 1.04 bits per heavy atom. The number of aromatic nitrogens is 2. The highest BCUT2D eigenvalue weighted by Crippen LogP contribution is 2.49. The van der Waals surface area contributed by atoms with Crippen molar-refractivity contribution in [2.24, 2.45) is 0 Å². The molecular formula is C62H48BN3S2. The number of anilines is 3. The van der Waals surface area contributed by atoms with Crippen LogP contribution in [0, 0.1) is 0 Å². The summed E-state index contributed by atoms with van der Waals surface area (Å²) in [5, 5.41) is 7.83. The first-order valence-electron chi connectivity index (χ1n) is 24.2.